The number of carbonyl (C=O) groups excluding carboxylic acids is 1. The minimum Gasteiger partial charge on any atom is -0.345 e. The van der Waals surface area contributed by atoms with Crippen LogP contribution in [0, 0.1) is 34.0 Å². The van der Waals surface area contributed by atoms with Gasteiger partial charge in [0.25, 0.3) is 0 Å². The lowest BCUT2D eigenvalue weighted by Gasteiger charge is -2.06. The number of nitrogens with one attached hydrogen (secondary N) is 2. The molecule has 21 heavy (non-hydrogen) atoms. The van der Waals surface area contributed by atoms with Crippen molar-refractivity contribution in [2.24, 2.45) is 5.10 Å². The molecule has 0 spiro atoms. The first-order chi connectivity index (χ1) is 10.2. The van der Waals surface area contributed by atoms with Crippen LogP contribution >= 0.6 is 0 Å². The van der Waals surface area contributed by atoms with Crippen molar-refractivity contribution in [1.29, 1.82) is 15.8 Å². The molecule has 0 unspecified atom stereocenters. The SMILES string of the molecule is N#CC(C#N)=C(C#N)Nc1cccc(C2=NNC(=O)C2)c1. The first-order valence-electron chi connectivity index (χ1n) is 5.85. The average Bonchev–Trinajstić information content (AvgIpc) is 2.94. The zero-order valence-corrected chi connectivity index (χ0v) is 10.7. The van der Waals surface area contributed by atoms with Gasteiger partial charge in [0, 0.05) is 11.3 Å². The molecule has 0 aromatic heterocycles. The number of hydrogen-bond donors (Lipinski definition) is 2. The van der Waals surface area contributed by atoms with Crippen LogP contribution in [0.3, 0.4) is 0 Å². The van der Waals surface area contributed by atoms with Crippen LogP contribution in [0.1, 0.15) is 12.0 Å². The minimum atomic E-state index is -0.294. The van der Waals surface area contributed by atoms with Gasteiger partial charge in [0.05, 0.1) is 12.1 Å². The molecule has 100 valence electrons. The van der Waals surface area contributed by atoms with Crippen LogP contribution in [0.5, 0.6) is 0 Å². The van der Waals surface area contributed by atoms with Crippen LogP contribution in [-0.4, -0.2) is 11.6 Å². The molecule has 0 radical (unpaired) electrons. The summed E-state index contributed by atoms with van der Waals surface area (Å²) in [4.78, 5) is 11.1. The lowest BCUT2D eigenvalue weighted by Crippen LogP contribution is -2.09. The Morgan fingerprint density at radius 1 is 1.24 bits per heavy atom. The number of hydrazone groups is 1. The first kappa shape index (κ1) is 13.8. The van der Waals surface area contributed by atoms with Crippen molar-refractivity contribution in [2.75, 3.05) is 5.32 Å². The molecule has 0 saturated heterocycles. The van der Waals surface area contributed by atoms with Crippen molar-refractivity contribution in [3.8, 4) is 18.2 Å². The molecule has 2 N–H and O–H groups in total. The molecule has 1 aliphatic heterocycles. The van der Waals surface area contributed by atoms with Crippen molar-refractivity contribution < 1.29 is 4.79 Å². The molecular weight excluding hydrogens is 268 g/mol. The van der Waals surface area contributed by atoms with E-state index in [0.717, 1.165) is 0 Å². The summed E-state index contributed by atoms with van der Waals surface area (Å²) < 4.78 is 0. The predicted molar refractivity (Wildman–Crippen MR) is 73.2 cm³/mol. The van der Waals surface area contributed by atoms with Gasteiger partial charge in [0.15, 0.2) is 5.57 Å². The van der Waals surface area contributed by atoms with Gasteiger partial charge >= 0.3 is 0 Å². The van der Waals surface area contributed by atoms with E-state index in [1.54, 1.807) is 42.5 Å². The summed E-state index contributed by atoms with van der Waals surface area (Å²) in [6.45, 7) is 0. The standard InChI is InChI=1S/C14H8N6O/c15-6-10(7-16)13(8-17)18-11-3-1-2-9(4-11)12-5-14(21)20-19-12/h1-4,18H,5H2,(H,20,21). The molecule has 0 saturated carbocycles. The van der Waals surface area contributed by atoms with E-state index in [-0.39, 0.29) is 23.6 Å². The highest BCUT2D eigenvalue weighted by atomic mass is 16.2. The van der Waals surface area contributed by atoms with E-state index >= 15 is 0 Å². The quantitative estimate of drug-likeness (QED) is 0.801. The van der Waals surface area contributed by atoms with E-state index < -0.39 is 0 Å². The summed E-state index contributed by atoms with van der Waals surface area (Å²) in [5, 5.41) is 33.2. The molecule has 1 aromatic carbocycles. The zero-order chi connectivity index (χ0) is 15.2. The lowest BCUT2D eigenvalue weighted by atomic mass is 10.1. The van der Waals surface area contributed by atoms with E-state index in [2.05, 4.69) is 15.8 Å². The van der Waals surface area contributed by atoms with Gasteiger partial charge in [-0.2, -0.15) is 20.9 Å². The van der Waals surface area contributed by atoms with Gasteiger partial charge in [-0.25, -0.2) is 5.43 Å². The van der Waals surface area contributed by atoms with Gasteiger partial charge in [-0.05, 0) is 12.1 Å². The van der Waals surface area contributed by atoms with Crippen molar-refractivity contribution >= 4 is 17.3 Å². The molecule has 1 aliphatic rings. The van der Waals surface area contributed by atoms with E-state index in [1.807, 2.05) is 0 Å². The van der Waals surface area contributed by atoms with E-state index in [9.17, 15) is 4.79 Å². The summed E-state index contributed by atoms with van der Waals surface area (Å²) in [5.41, 5.74) is 3.76. The third-order valence-electron chi connectivity index (χ3n) is 2.69. The number of carbonyl (C=O) groups is 1. The average molecular weight is 276 g/mol. The smallest absolute Gasteiger partial charge is 0.246 e. The fraction of sp³-hybridized carbons (Fsp3) is 0.0714. The monoisotopic (exact) mass is 276 g/mol. The fourth-order valence-corrected chi connectivity index (χ4v) is 1.73. The largest absolute Gasteiger partial charge is 0.345 e. The zero-order valence-electron chi connectivity index (χ0n) is 10.7. The number of benzene rings is 1. The molecule has 1 amide bonds. The second-order valence-corrected chi connectivity index (χ2v) is 4.06. The summed E-state index contributed by atoms with van der Waals surface area (Å²) >= 11 is 0. The van der Waals surface area contributed by atoms with Crippen LogP contribution in [0.2, 0.25) is 0 Å². The Bertz CT molecular complexity index is 769. The fourth-order valence-electron chi connectivity index (χ4n) is 1.73. The second kappa shape index (κ2) is 6.01. The van der Waals surface area contributed by atoms with Gasteiger partial charge in [-0.15, -0.1) is 0 Å². The summed E-state index contributed by atoms with van der Waals surface area (Å²) in [7, 11) is 0. The molecule has 0 fully saturated rings. The van der Waals surface area contributed by atoms with E-state index in [0.29, 0.717) is 17.0 Å². The maximum atomic E-state index is 11.1. The number of allylic oxidation sites excluding steroid dienone is 2. The molecular formula is C14H8N6O. The molecule has 2 rings (SSSR count). The molecule has 0 atom stereocenters. The summed E-state index contributed by atoms with van der Waals surface area (Å²) in [6.07, 6.45) is 0.187. The maximum absolute atomic E-state index is 11.1. The predicted octanol–water partition coefficient (Wildman–Crippen LogP) is 1.15. The number of nitrogens with zero attached hydrogens (tertiary/aromatic N) is 4. The van der Waals surface area contributed by atoms with Crippen molar-refractivity contribution in [3.05, 3.63) is 41.1 Å². The Morgan fingerprint density at radius 2 is 2.00 bits per heavy atom. The molecule has 7 nitrogen and oxygen atoms in total. The maximum Gasteiger partial charge on any atom is 0.246 e. The van der Waals surface area contributed by atoms with Gasteiger partial charge in [-0.1, -0.05) is 12.1 Å². The Morgan fingerprint density at radius 3 is 2.57 bits per heavy atom. The molecule has 0 aliphatic carbocycles. The molecule has 7 heteroatoms. The Kier molecular flexibility index (Phi) is 3.95. The molecule has 0 bridgehead atoms. The normalized spacial score (nSPS) is 12.2. The third-order valence-corrected chi connectivity index (χ3v) is 2.69. The highest BCUT2D eigenvalue weighted by Gasteiger charge is 2.16. The number of amides is 1. The van der Waals surface area contributed by atoms with Gasteiger partial charge in [0.2, 0.25) is 5.91 Å². The minimum absolute atomic E-state index is 0.125. The van der Waals surface area contributed by atoms with Crippen LogP contribution in [-0.2, 0) is 4.79 Å². The molecule has 1 aromatic rings. The van der Waals surface area contributed by atoms with Crippen LogP contribution in [0.4, 0.5) is 5.69 Å². The summed E-state index contributed by atoms with van der Waals surface area (Å²) in [6, 6.07) is 11.9. The Labute approximate surface area is 120 Å². The number of nitriles is 3. The lowest BCUT2D eigenvalue weighted by molar-refractivity contribution is -0.119. The van der Waals surface area contributed by atoms with Crippen molar-refractivity contribution in [3.63, 3.8) is 0 Å². The highest BCUT2D eigenvalue weighted by molar-refractivity contribution is 6.13. The number of rotatable bonds is 3. The Hall–Kier alpha value is -3.63. The van der Waals surface area contributed by atoms with Crippen LogP contribution in [0.25, 0.3) is 0 Å². The van der Waals surface area contributed by atoms with Gasteiger partial charge < -0.3 is 5.32 Å². The second-order valence-electron chi connectivity index (χ2n) is 4.06. The Balaban J connectivity index is 2.30. The number of anilines is 1. The molecule has 1 heterocycles. The topological polar surface area (TPSA) is 125 Å². The van der Waals surface area contributed by atoms with Gasteiger partial charge in [0.1, 0.15) is 23.9 Å². The van der Waals surface area contributed by atoms with Crippen LogP contribution in [0.15, 0.2) is 40.6 Å². The first-order valence-corrected chi connectivity index (χ1v) is 5.85. The third kappa shape index (κ3) is 3.04. The van der Waals surface area contributed by atoms with E-state index in [1.165, 1.54) is 0 Å². The highest BCUT2D eigenvalue weighted by Crippen LogP contribution is 2.17. The van der Waals surface area contributed by atoms with Crippen molar-refractivity contribution in [2.45, 2.75) is 6.42 Å². The van der Waals surface area contributed by atoms with Crippen LogP contribution < -0.4 is 10.7 Å². The summed E-state index contributed by atoms with van der Waals surface area (Å²) in [5.74, 6) is -0.183. The van der Waals surface area contributed by atoms with Crippen molar-refractivity contribution in [1.82, 2.24) is 5.43 Å². The van der Waals surface area contributed by atoms with E-state index in [4.69, 9.17) is 15.8 Å². The van der Waals surface area contributed by atoms with Gasteiger partial charge in [-0.3, -0.25) is 4.79 Å². The number of hydrogen-bond acceptors (Lipinski definition) is 6.